The number of nitrogens with zero attached hydrogens (tertiary/aromatic N) is 2. The van der Waals surface area contributed by atoms with E-state index in [9.17, 15) is 22.8 Å². The van der Waals surface area contributed by atoms with Crippen molar-refractivity contribution in [1.29, 1.82) is 0 Å². The highest BCUT2D eigenvalue weighted by atomic mass is 35.5. The molecule has 0 saturated heterocycles. The number of rotatable bonds is 6. The highest BCUT2D eigenvalue weighted by molar-refractivity contribution is 6.32. The SMILES string of the molecule is CCOC(=O)c1ccc(NC(=O)c2ccc(-c3cc(C(F)(F)F)nn3-c3ccccc3Cl)cc2)cc1. The van der Waals surface area contributed by atoms with Gasteiger partial charge in [-0.25, -0.2) is 9.48 Å². The Morgan fingerprint density at radius 1 is 0.972 bits per heavy atom. The van der Waals surface area contributed by atoms with Crippen LogP contribution >= 0.6 is 11.6 Å². The Bertz CT molecular complexity index is 1400. The van der Waals surface area contributed by atoms with Crippen molar-refractivity contribution in [2.24, 2.45) is 0 Å². The van der Waals surface area contributed by atoms with Crippen LogP contribution in [0, 0.1) is 0 Å². The fourth-order valence-corrected chi connectivity index (χ4v) is 3.65. The Morgan fingerprint density at radius 3 is 2.22 bits per heavy atom. The average Bonchev–Trinajstić information content (AvgIpc) is 3.31. The van der Waals surface area contributed by atoms with Gasteiger partial charge in [0.1, 0.15) is 0 Å². The fraction of sp³-hybridized carbons (Fsp3) is 0.115. The first-order valence-electron chi connectivity index (χ1n) is 10.8. The Labute approximate surface area is 209 Å². The van der Waals surface area contributed by atoms with Crippen LogP contribution in [0.4, 0.5) is 18.9 Å². The van der Waals surface area contributed by atoms with Gasteiger partial charge in [0, 0.05) is 16.8 Å². The number of carbonyl (C=O) groups is 2. The van der Waals surface area contributed by atoms with Gasteiger partial charge in [0.05, 0.1) is 28.6 Å². The van der Waals surface area contributed by atoms with Gasteiger partial charge in [0.25, 0.3) is 5.91 Å². The van der Waals surface area contributed by atoms with Crippen LogP contribution < -0.4 is 5.32 Å². The molecule has 3 aromatic carbocycles. The van der Waals surface area contributed by atoms with E-state index < -0.39 is 23.7 Å². The van der Waals surface area contributed by atoms with Gasteiger partial charge in [-0.1, -0.05) is 35.9 Å². The van der Waals surface area contributed by atoms with Crippen LogP contribution in [0.15, 0.2) is 78.9 Å². The molecule has 6 nitrogen and oxygen atoms in total. The van der Waals surface area contributed by atoms with Crippen molar-refractivity contribution in [3.63, 3.8) is 0 Å². The molecule has 0 saturated carbocycles. The van der Waals surface area contributed by atoms with Crippen LogP contribution in [-0.4, -0.2) is 28.3 Å². The molecule has 1 heterocycles. The molecule has 1 N–H and O–H groups in total. The molecule has 1 aromatic heterocycles. The molecule has 184 valence electrons. The number of esters is 1. The van der Waals surface area contributed by atoms with Crippen molar-refractivity contribution in [3.8, 4) is 16.9 Å². The van der Waals surface area contributed by atoms with E-state index in [1.54, 1.807) is 43.3 Å². The van der Waals surface area contributed by atoms with Crippen LogP contribution in [0.3, 0.4) is 0 Å². The van der Waals surface area contributed by atoms with Gasteiger partial charge < -0.3 is 10.1 Å². The molecule has 0 fully saturated rings. The predicted octanol–water partition coefficient (Wildman–Crippen LogP) is 6.64. The summed E-state index contributed by atoms with van der Waals surface area (Å²) in [6, 6.07) is 19.6. The van der Waals surface area contributed by atoms with Crippen LogP contribution in [0.25, 0.3) is 16.9 Å². The third kappa shape index (κ3) is 5.41. The summed E-state index contributed by atoms with van der Waals surface area (Å²) < 4.78 is 46.3. The molecule has 0 spiro atoms. The maximum Gasteiger partial charge on any atom is 0.435 e. The number of para-hydroxylation sites is 1. The molecule has 4 aromatic rings. The van der Waals surface area contributed by atoms with Crippen molar-refractivity contribution < 1.29 is 27.5 Å². The zero-order chi connectivity index (χ0) is 25.9. The molecule has 1 amide bonds. The number of hydrogen-bond acceptors (Lipinski definition) is 4. The van der Waals surface area contributed by atoms with E-state index in [1.807, 2.05) is 0 Å². The Hall–Kier alpha value is -4.11. The zero-order valence-corrected chi connectivity index (χ0v) is 19.6. The second-order valence-electron chi connectivity index (χ2n) is 7.61. The molecule has 10 heteroatoms. The lowest BCUT2D eigenvalue weighted by atomic mass is 10.1. The molecule has 0 bridgehead atoms. The van der Waals surface area contributed by atoms with Gasteiger partial charge in [0.15, 0.2) is 5.69 Å². The van der Waals surface area contributed by atoms with Crippen LogP contribution in [0.2, 0.25) is 5.02 Å². The van der Waals surface area contributed by atoms with E-state index in [4.69, 9.17) is 16.3 Å². The van der Waals surface area contributed by atoms with Gasteiger partial charge in [-0.2, -0.15) is 18.3 Å². The van der Waals surface area contributed by atoms with Crippen molar-refractivity contribution in [3.05, 3.63) is 101 Å². The number of nitrogens with one attached hydrogen (secondary N) is 1. The molecule has 0 aliphatic carbocycles. The van der Waals surface area contributed by atoms with Gasteiger partial charge in [0.2, 0.25) is 0 Å². The molecule has 0 atom stereocenters. The van der Waals surface area contributed by atoms with Crippen LogP contribution in [-0.2, 0) is 10.9 Å². The molecule has 0 aliphatic heterocycles. The highest BCUT2D eigenvalue weighted by Crippen LogP contribution is 2.34. The maximum atomic E-state index is 13.4. The summed E-state index contributed by atoms with van der Waals surface area (Å²) in [5.74, 6) is -0.892. The first-order chi connectivity index (χ1) is 17.2. The third-order valence-corrected chi connectivity index (χ3v) is 5.50. The lowest BCUT2D eigenvalue weighted by molar-refractivity contribution is -0.141. The minimum absolute atomic E-state index is 0.164. The van der Waals surface area contributed by atoms with E-state index in [1.165, 1.54) is 36.4 Å². The fourth-order valence-electron chi connectivity index (χ4n) is 3.43. The van der Waals surface area contributed by atoms with E-state index in [0.717, 1.165) is 10.7 Å². The molecular formula is C26H19ClF3N3O3. The predicted molar refractivity (Wildman–Crippen MR) is 129 cm³/mol. The average molecular weight is 514 g/mol. The van der Waals surface area contributed by atoms with E-state index >= 15 is 0 Å². The quantitative estimate of drug-likeness (QED) is 0.293. The first kappa shape index (κ1) is 25.0. The summed E-state index contributed by atoms with van der Waals surface area (Å²) in [6.07, 6.45) is -4.65. The second kappa shape index (κ2) is 10.2. The molecular weight excluding hydrogens is 495 g/mol. The number of carbonyl (C=O) groups excluding carboxylic acids is 2. The lowest BCUT2D eigenvalue weighted by Crippen LogP contribution is -2.12. The largest absolute Gasteiger partial charge is 0.462 e. The summed E-state index contributed by atoms with van der Waals surface area (Å²) in [4.78, 5) is 24.4. The minimum Gasteiger partial charge on any atom is -0.462 e. The highest BCUT2D eigenvalue weighted by Gasteiger charge is 2.35. The van der Waals surface area contributed by atoms with Gasteiger partial charge >= 0.3 is 12.1 Å². The number of benzene rings is 3. The minimum atomic E-state index is -4.65. The molecule has 4 rings (SSSR count). The third-order valence-electron chi connectivity index (χ3n) is 5.18. The number of amides is 1. The Morgan fingerprint density at radius 2 is 1.61 bits per heavy atom. The van der Waals surface area contributed by atoms with Gasteiger partial charge in [-0.05, 0) is 61.5 Å². The summed E-state index contributed by atoms with van der Waals surface area (Å²) in [7, 11) is 0. The molecule has 0 radical (unpaired) electrons. The van der Waals surface area contributed by atoms with Crippen molar-refractivity contribution in [2.45, 2.75) is 13.1 Å². The number of halogens is 4. The summed E-state index contributed by atoms with van der Waals surface area (Å²) >= 11 is 6.21. The van der Waals surface area contributed by atoms with E-state index in [-0.39, 0.29) is 28.6 Å². The molecule has 36 heavy (non-hydrogen) atoms. The lowest BCUT2D eigenvalue weighted by Gasteiger charge is -2.10. The summed E-state index contributed by atoms with van der Waals surface area (Å²) in [5, 5.41) is 6.67. The standard InChI is InChI=1S/C26H19ClF3N3O3/c1-2-36-25(35)18-11-13-19(14-12-18)31-24(34)17-9-7-16(8-10-17)22-15-23(26(28,29)30)32-33(22)21-6-4-3-5-20(21)27/h3-15H,2H2,1H3,(H,31,34). The number of aromatic nitrogens is 2. The van der Waals surface area contributed by atoms with Gasteiger partial charge in [-0.15, -0.1) is 0 Å². The monoisotopic (exact) mass is 513 g/mol. The van der Waals surface area contributed by atoms with Crippen molar-refractivity contribution in [2.75, 3.05) is 11.9 Å². The normalized spacial score (nSPS) is 11.2. The van der Waals surface area contributed by atoms with Crippen molar-refractivity contribution in [1.82, 2.24) is 9.78 Å². The molecule has 0 aliphatic rings. The number of alkyl halides is 3. The van der Waals surface area contributed by atoms with E-state index in [0.29, 0.717) is 16.8 Å². The first-order valence-corrected chi connectivity index (χ1v) is 11.2. The maximum absolute atomic E-state index is 13.4. The van der Waals surface area contributed by atoms with Gasteiger partial charge in [-0.3, -0.25) is 4.79 Å². The van der Waals surface area contributed by atoms with Crippen molar-refractivity contribution >= 4 is 29.2 Å². The number of ether oxygens (including phenoxy) is 1. The van der Waals surface area contributed by atoms with E-state index in [2.05, 4.69) is 10.4 Å². The zero-order valence-electron chi connectivity index (χ0n) is 18.8. The Kier molecular flexibility index (Phi) is 7.12. The Balaban J connectivity index is 1.58. The summed E-state index contributed by atoms with van der Waals surface area (Å²) in [6.45, 7) is 1.96. The molecule has 0 unspecified atom stereocenters. The summed E-state index contributed by atoms with van der Waals surface area (Å²) in [5.41, 5.74) is 0.901. The second-order valence-corrected chi connectivity index (χ2v) is 8.01. The topological polar surface area (TPSA) is 73.2 Å². The smallest absolute Gasteiger partial charge is 0.435 e. The number of hydrogen-bond donors (Lipinski definition) is 1. The van der Waals surface area contributed by atoms with Crippen LogP contribution in [0.5, 0.6) is 0 Å². The van der Waals surface area contributed by atoms with Crippen LogP contribution in [0.1, 0.15) is 33.3 Å². The number of anilines is 1.